The zero-order valence-corrected chi connectivity index (χ0v) is 9.65. The van der Waals surface area contributed by atoms with Gasteiger partial charge in [-0.2, -0.15) is 0 Å². The van der Waals surface area contributed by atoms with Crippen LogP contribution in [-0.4, -0.2) is 5.38 Å². The van der Waals surface area contributed by atoms with Crippen LogP contribution in [0.25, 0.3) is 0 Å². The van der Waals surface area contributed by atoms with Crippen molar-refractivity contribution in [1.29, 1.82) is 0 Å². The number of hydrogen-bond acceptors (Lipinski definition) is 0. The number of halogens is 1. The Hall–Kier alpha value is 0.290. The van der Waals surface area contributed by atoms with Crippen molar-refractivity contribution in [3.63, 3.8) is 0 Å². The van der Waals surface area contributed by atoms with Crippen molar-refractivity contribution >= 4 is 11.6 Å². The summed E-state index contributed by atoms with van der Waals surface area (Å²) in [5.74, 6) is 0.829. The van der Waals surface area contributed by atoms with E-state index in [4.69, 9.17) is 11.6 Å². The van der Waals surface area contributed by atoms with E-state index in [0.717, 1.165) is 5.92 Å². The van der Waals surface area contributed by atoms with E-state index in [1.165, 1.54) is 57.8 Å². The summed E-state index contributed by atoms with van der Waals surface area (Å²) in [6, 6.07) is 0. The van der Waals surface area contributed by atoms with Crippen molar-refractivity contribution in [3.05, 3.63) is 0 Å². The van der Waals surface area contributed by atoms with Crippen LogP contribution >= 0.6 is 11.6 Å². The third kappa shape index (κ3) is 4.35. The van der Waals surface area contributed by atoms with Gasteiger partial charge in [0.25, 0.3) is 0 Å². The Morgan fingerprint density at radius 1 is 1.08 bits per heavy atom. The van der Waals surface area contributed by atoms with Gasteiger partial charge in [0.2, 0.25) is 0 Å². The monoisotopic (exact) mass is 202 g/mol. The molecule has 0 nitrogen and oxygen atoms in total. The predicted molar refractivity (Wildman–Crippen MR) is 60.4 cm³/mol. The van der Waals surface area contributed by atoms with Gasteiger partial charge in [-0.05, 0) is 25.2 Å². The summed E-state index contributed by atoms with van der Waals surface area (Å²) in [5.41, 5.74) is 0. The van der Waals surface area contributed by atoms with E-state index >= 15 is 0 Å². The normalized spacial score (nSPS) is 30.0. The molecule has 0 radical (unpaired) electrons. The van der Waals surface area contributed by atoms with Crippen LogP contribution in [0.2, 0.25) is 0 Å². The van der Waals surface area contributed by atoms with Gasteiger partial charge in [-0.15, -0.1) is 11.6 Å². The summed E-state index contributed by atoms with van der Waals surface area (Å²) in [6.45, 7) is 2.27. The molecule has 13 heavy (non-hydrogen) atoms. The van der Waals surface area contributed by atoms with Crippen molar-refractivity contribution in [2.24, 2.45) is 5.92 Å². The maximum atomic E-state index is 6.37. The van der Waals surface area contributed by atoms with Crippen LogP contribution < -0.4 is 0 Å². The molecule has 1 saturated carbocycles. The topological polar surface area (TPSA) is 0 Å². The molecule has 0 saturated heterocycles. The van der Waals surface area contributed by atoms with E-state index in [2.05, 4.69) is 6.92 Å². The van der Waals surface area contributed by atoms with Crippen molar-refractivity contribution in [2.75, 3.05) is 0 Å². The van der Waals surface area contributed by atoms with Crippen LogP contribution in [0.4, 0.5) is 0 Å². The summed E-state index contributed by atoms with van der Waals surface area (Å²) >= 11 is 6.37. The first kappa shape index (κ1) is 11.4. The quantitative estimate of drug-likeness (QED) is 0.351. The Bertz CT molecular complexity index is 122. The maximum Gasteiger partial charge on any atom is 0.0364 e. The van der Waals surface area contributed by atoms with Gasteiger partial charge in [-0.1, -0.05) is 45.4 Å². The summed E-state index contributed by atoms with van der Waals surface area (Å²) in [5, 5.41) is 0.486. The fourth-order valence-electron chi connectivity index (χ4n) is 2.32. The highest BCUT2D eigenvalue weighted by atomic mass is 35.5. The van der Waals surface area contributed by atoms with Gasteiger partial charge in [0.1, 0.15) is 0 Å². The molecule has 1 heteroatoms. The van der Waals surface area contributed by atoms with Crippen LogP contribution in [-0.2, 0) is 0 Å². The average molecular weight is 203 g/mol. The van der Waals surface area contributed by atoms with Crippen LogP contribution in [0.15, 0.2) is 0 Å². The highest BCUT2D eigenvalue weighted by Crippen LogP contribution is 2.31. The summed E-state index contributed by atoms with van der Waals surface area (Å²) < 4.78 is 0. The standard InChI is InChI=1S/C12H23Cl/c1-2-3-5-8-11-9-6-4-7-10-12(11)13/h11-12H,2-10H2,1H3. The maximum absolute atomic E-state index is 6.37. The highest BCUT2D eigenvalue weighted by molar-refractivity contribution is 6.20. The van der Waals surface area contributed by atoms with E-state index < -0.39 is 0 Å². The van der Waals surface area contributed by atoms with Crippen molar-refractivity contribution in [2.45, 2.75) is 70.1 Å². The zero-order valence-electron chi connectivity index (χ0n) is 8.90. The van der Waals surface area contributed by atoms with Gasteiger partial charge < -0.3 is 0 Å². The largest absolute Gasteiger partial charge is 0.123 e. The summed E-state index contributed by atoms with van der Waals surface area (Å²) in [7, 11) is 0. The fraction of sp³-hybridized carbons (Fsp3) is 1.00. The molecule has 0 amide bonds. The minimum atomic E-state index is 0.486. The molecule has 1 aliphatic carbocycles. The molecular formula is C12H23Cl. The lowest BCUT2D eigenvalue weighted by Crippen LogP contribution is -2.12. The van der Waals surface area contributed by atoms with E-state index in [-0.39, 0.29) is 0 Å². The van der Waals surface area contributed by atoms with Gasteiger partial charge in [0.05, 0.1) is 0 Å². The second kappa shape index (κ2) is 6.70. The van der Waals surface area contributed by atoms with E-state index in [1.54, 1.807) is 0 Å². The lowest BCUT2D eigenvalue weighted by Gasteiger charge is -2.18. The molecule has 0 N–H and O–H groups in total. The molecule has 0 aromatic heterocycles. The predicted octanol–water partition coefficient (Wildman–Crippen LogP) is 4.75. The van der Waals surface area contributed by atoms with Crippen molar-refractivity contribution in [3.8, 4) is 0 Å². The third-order valence-corrected chi connectivity index (χ3v) is 3.82. The van der Waals surface area contributed by atoms with E-state index in [9.17, 15) is 0 Å². The third-order valence-electron chi connectivity index (χ3n) is 3.24. The second-order valence-corrected chi connectivity index (χ2v) is 4.97. The van der Waals surface area contributed by atoms with Crippen LogP contribution in [0.3, 0.4) is 0 Å². The van der Waals surface area contributed by atoms with Crippen LogP contribution in [0, 0.1) is 5.92 Å². The van der Waals surface area contributed by atoms with Crippen LogP contribution in [0.1, 0.15) is 64.7 Å². The minimum Gasteiger partial charge on any atom is -0.123 e. The Labute approximate surface area is 88.1 Å². The molecule has 0 spiro atoms. The minimum absolute atomic E-state index is 0.486. The molecule has 2 atom stereocenters. The molecule has 0 aliphatic heterocycles. The first-order valence-electron chi connectivity index (χ1n) is 5.98. The Kier molecular flexibility index (Phi) is 5.86. The van der Waals surface area contributed by atoms with Crippen molar-refractivity contribution < 1.29 is 0 Å². The molecule has 0 heterocycles. The van der Waals surface area contributed by atoms with Gasteiger partial charge in [-0.3, -0.25) is 0 Å². The molecule has 0 aromatic carbocycles. The molecule has 0 bridgehead atoms. The number of alkyl halides is 1. The Balaban J connectivity index is 2.19. The molecule has 2 unspecified atom stereocenters. The van der Waals surface area contributed by atoms with Gasteiger partial charge in [0.15, 0.2) is 0 Å². The zero-order chi connectivity index (χ0) is 9.52. The highest BCUT2D eigenvalue weighted by Gasteiger charge is 2.20. The molecular weight excluding hydrogens is 180 g/mol. The first-order valence-corrected chi connectivity index (χ1v) is 6.42. The van der Waals surface area contributed by atoms with Gasteiger partial charge >= 0.3 is 0 Å². The molecule has 1 fully saturated rings. The van der Waals surface area contributed by atoms with Crippen molar-refractivity contribution in [1.82, 2.24) is 0 Å². The summed E-state index contributed by atoms with van der Waals surface area (Å²) in [4.78, 5) is 0. The van der Waals surface area contributed by atoms with E-state index in [0.29, 0.717) is 5.38 Å². The average Bonchev–Trinajstić information content (AvgIpc) is 2.32. The SMILES string of the molecule is CCCCCC1CCCCCC1Cl. The number of hydrogen-bond donors (Lipinski definition) is 0. The Morgan fingerprint density at radius 3 is 2.62 bits per heavy atom. The van der Waals surface area contributed by atoms with Gasteiger partial charge in [0, 0.05) is 5.38 Å². The fourth-order valence-corrected chi connectivity index (χ4v) is 2.73. The lowest BCUT2D eigenvalue weighted by molar-refractivity contribution is 0.415. The number of rotatable bonds is 4. The number of unbranched alkanes of at least 4 members (excludes halogenated alkanes) is 2. The molecule has 0 aromatic rings. The summed E-state index contributed by atoms with van der Waals surface area (Å²) in [6.07, 6.45) is 12.3. The molecule has 1 aliphatic rings. The Morgan fingerprint density at radius 2 is 1.85 bits per heavy atom. The van der Waals surface area contributed by atoms with Crippen LogP contribution in [0.5, 0.6) is 0 Å². The van der Waals surface area contributed by atoms with Gasteiger partial charge in [-0.25, -0.2) is 0 Å². The van der Waals surface area contributed by atoms with E-state index in [1.807, 2.05) is 0 Å². The molecule has 78 valence electrons. The lowest BCUT2D eigenvalue weighted by atomic mass is 9.93. The first-order chi connectivity index (χ1) is 6.34. The molecule has 1 rings (SSSR count). The smallest absolute Gasteiger partial charge is 0.0364 e. The second-order valence-electron chi connectivity index (χ2n) is 4.41.